The van der Waals surface area contributed by atoms with Gasteiger partial charge in [0.2, 0.25) is 5.67 Å². The van der Waals surface area contributed by atoms with E-state index in [4.69, 9.17) is 4.74 Å². The van der Waals surface area contributed by atoms with Crippen molar-refractivity contribution in [2.75, 3.05) is 0 Å². The SMILES string of the molecule is CC[C@](C)(F)C(=O)Oc1ccc(-c2cnc(-c3ccc(CC[C@H](C)F)cc3)nc2)cc1. The third-order valence-electron chi connectivity index (χ3n) is 5.18. The Balaban J connectivity index is 1.66. The summed E-state index contributed by atoms with van der Waals surface area (Å²) in [6, 6.07) is 14.6. The first-order valence-electron chi connectivity index (χ1n) is 10.4. The highest BCUT2D eigenvalue weighted by molar-refractivity contribution is 5.81. The monoisotopic (exact) mass is 424 g/mol. The third kappa shape index (κ3) is 5.94. The second-order valence-electron chi connectivity index (χ2n) is 7.78. The Labute approximate surface area is 181 Å². The molecule has 162 valence electrons. The lowest BCUT2D eigenvalue weighted by Crippen LogP contribution is -2.33. The zero-order valence-corrected chi connectivity index (χ0v) is 17.9. The van der Waals surface area contributed by atoms with Crippen molar-refractivity contribution >= 4 is 5.97 Å². The summed E-state index contributed by atoms with van der Waals surface area (Å²) in [6.45, 7) is 4.37. The predicted molar refractivity (Wildman–Crippen MR) is 117 cm³/mol. The molecular weight excluding hydrogens is 398 g/mol. The van der Waals surface area contributed by atoms with E-state index in [-0.39, 0.29) is 12.2 Å². The van der Waals surface area contributed by atoms with Gasteiger partial charge in [-0.05, 0) is 56.4 Å². The van der Waals surface area contributed by atoms with Crippen molar-refractivity contribution in [3.05, 3.63) is 66.5 Å². The van der Waals surface area contributed by atoms with E-state index in [1.165, 1.54) is 6.92 Å². The van der Waals surface area contributed by atoms with E-state index >= 15 is 0 Å². The second-order valence-corrected chi connectivity index (χ2v) is 7.78. The smallest absolute Gasteiger partial charge is 0.348 e. The number of carbonyl (C=O) groups excluding carboxylic acids is 1. The van der Waals surface area contributed by atoms with Crippen molar-refractivity contribution in [2.45, 2.75) is 51.9 Å². The molecule has 0 saturated heterocycles. The van der Waals surface area contributed by atoms with Gasteiger partial charge in [-0.25, -0.2) is 23.5 Å². The van der Waals surface area contributed by atoms with Crippen LogP contribution in [0.15, 0.2) is 60.9 Å². The Morgan fingerprint density at radius 3 is 2.13 bits per heavy atom. The number of aryl methyl sites for hydroxylation is 1. The summed E-state index contributed by atoms with van der Waals surface area (Å²) in [5.74, 6) is -0.0203. The van der Waals surface area contributed by atoms with Crippen molar-refractivity contribution in [1.82, 2.24) is 9.97 Å². The van der Waals surface area contributed by atoms with Gasteiger partial charge in [0, 0.05) is 23.5 Å². The third-order valence-corrected chi connectivity index (χ3v) is 5.18. The van der Waals surface area contributed by atoms with Crippen LogP contribution in [0.2, 0.25) is 0 Å². The van der Waals surface area contributed by atoms with Crippen molar-refractivity contribution in [3.8, 4) is 28.3 Å². The lowest BCUT2D eigenvalue weighted by Gasteiger charge is -2.16. The topological polar surface area (TPSA) is 52.1 Å². The van der Waals surface area contributed by atoms with Crippen LogP contribution in [-0.4, -0.2) is 27.8 Å². The van der Waals surface area contributed by atoms with Crippen LogP contribution in [0.4, 0.5) is 8.78 Å². The fourth-order valence-corrected chi connectivity index (χ4v) is 2.89. The summed E-state index contributed by atoms with van der Waals surface area (Å²) in [6.07, 6.45) is 3.89. The van der Waals surface area contributed by atoms with E-state index in [9.17, 15) is 13.6 Å². The minimum absolute atomic E-state index is 0.0488. The Bertz CT molecular complexity index is 999. The zero-order chi connectivity index (χ0) is 22.4. The highest BCUT2D eigenvalue weighted by Crippen LogP contribution is 2.25. The van der Waals surface area contributed by atoms with Gasteiger partial charge in [0.05, 0.1) is 6.17 Å². The Hall–Kier alpha value is -3.15. The summed E-state index contributed by atoms with van der Waals surface area (Å²) >= 11 is 0. The molecule has 6 heteroatoms. The van der Waals surface area contributed by atoms with Crippen LogP contribution >= 0.6 is 0 Å². The van der Waals surface area contributed by atoms with Crippen LogP contribution < -0.4 is 4.74 Å². The first kappa shape index (κ1) is 22.5. The number of hydrogen-bond acceptors (Lipinski definition) is 4. The van der Waals surface area contributed by atoms with Crippen molar-refractivity contribution in [2.24, 2.45) is 0 Å². The number of carbonyl (C=O) groups is 1. The van der Waals surface area contributed by atoms with Crippen LogP contribution in [0.1, 0.15) is 39.2 Å². The first-order valence-corrected chi connectivity index (χ1v) is 10.4. The minimum Gasteiger partial charge on any atom is -0.424 e. The highest BCUT2D eigenvalue weighted by atomic mass is 19.1. The number of ether oxygens (including phenoxy) is 1. The molecule has 0 radical (unpaired) electrons. The minimum atomic E-state index is -2.01. The number of rotatable bonds is 8. The number of nitrogens with zero attached hydrogens (tertiary/aromatic N) is 2. The Kier molecular flexibility index (Phi) is 7.10. The molecule has 3 rings (SSSR count). The van der Waals surface area contributed by atoms with Gasteiger partial charge in [0.25, 0.3) is 0 Å². The number of halogens is 2. The van der Waals surface area contributed by atoms with Gasteiger partial charge in [0.1, 0.15) is 5.75 Å². The van der Waals surface area contributed by atoms with E-state index in [1.54, 1.807) is 50.5 Å². The molecule has 0 N–H and O–H groups in total. The number of hydrogen-bond donors (Lipinski definition) is 0. The summed E-state index contributed by atoms with van der Waals surface area (Å²) < 4.78 is 32.1. The van der Waals surface area contributed by atoms with Crippen molar-refractivity contribution in [1.29, 1.82) is 0 Å². The molecule has 4 nitrogen and oxygen atoms in total. The molecule has 0 spiro atoms. The summed E-state index contributed by atoms with van der Waals surface area (Å²) in [5.41, 5.74) is 1.61. The van der Waals surface area contributed by atoms with Crippen LogP contribution in [0, 0.1) is 0 Å². The number of esters is 1. The van der Waals surface area contributed by atoms with Crippen molar-refractivity contribution in [3.63, 3.8) is 0 Å². The van der Waals surface area contributed by atoms with Crippen LogP contribution in [-0.2, 0) is 11.2 Å². The van der Waals surface area contributed by atoms with Crippen LogP contribution in [0.3, 0.4) is 0 Å². The molecule has 0 aliphatic heterocycles. The van der Waals surface area contributed by atoms with Gasteiger partial charge in [-0.1, -0.05) is 43.3 Å². The molecule has 0 amide bonds. The predicted octanol–water partition coefficient (Wildman–Crippen LogP) is 6.14. The molecule has 0 unspecified atom stereocenters. The van der Waals surface area contributed by atoms with E-state index in [1.807, 2.05) is 24.3 Å². The van der Waals surface area contributed by atoms with Gasteiger partial charge < -0.3 is 4.74 Å². The average Bonchev–Trinajstić information content (AvgIpc) is 2.78. The quantitative estimate of drug-likeness (QED) is 0.322. The molecule has 1 aromatic heterocycles. The molecule has 0 saturated carbocycles. The molecule has 1 heterocycles. The first-order chi connectivity index (χ1) is 14.8. The fourth-order valence-electron chi connectivity index (χ4n) is 2.89. The Morgan fingerprint density at radius 1 is 1.00 bits per heavy atom. The summed E-state index contributed by atoms with van der Waals surface area (Å²) in [7, 11) is 0. The Morgan fingerprint density at radius 2 is 1.58 bits per heavy atom. The number of alkyl halides is 2. The zero-order valence-electron chi connectivity index (χ0n) is 17.9. The number of benzene rings is 2. The fraction of sp³-hybridized carbons (Fsp3) is 0.320. The molecule has 0 aliphatic carbocycles. The maximum atomic E-state index is 14.0. The van der Waals surface area contributed by atoms with Crippen LogP contribution in [0.5, 0.6) is 5.75 Å². The van der Waals surface area contributed by atoms with E-state index in [0.717, 1.165) is 22.3 Å². The molecule has 2 aromatic carbocycles. The van der Waals surface area contributed by atoms with Crippen molar-refractivity contribution < 1.29 is 18.3 Å². The number of aromatic nitrogens is 2. The molecule has 3 aromatic rings. The second kappa shape index (κ2) is 9.77. The van der Waals surface area contributed by atoms with Gasteiger partial charge in [0.15, 0.2) is 5.82 Å². The van der Waals surface area contributed by atoms with E-state index in [0.29, 0.717) is 18.7 Å². The maximum absolute atomic E-state index is 14.0. The van der Waals surface area contributed by atoms with Crippen LogP contribution in [0.25, 0.3) is 22.5 Å². The summed E-state index contributed by atoms with van der Waals surface area (Å²) in [4.78, 5) is 20.7. The summed E-state index contributed by atoms with van der Waals surface area (Å²) in [5, 5.41) is 0. The lowest BCUT2D eigenvalue weighted by molar-refractivity contribution is -0.146. The molecule has 0 fully saturated rings. The molecule has 2 atom stereocenters. The standard InChI is InChI=1S/C25H26F2N2O2/c1-4-25(3,27)24(30)31-22-13-11-19(12-14-22)21-15-28-23(29-16-21)20-9-7-18(8-10-20)6-5-17(2)26/h7-17H,4-6H2,1-3H3/t17-,25-/m0/s1. The normalized spacial score (nSPS) is 14.0. The van der Waals surface area contributed by atoms with E-state index < -0.39 is 17.8 Å². The van der Waals surface area contributed by atoms with Gasteiger partial charge in [-0.2, -0.15) is 0 Å². The molecule has 0 bridgehead atoms. The molecule has 0 aliphatic rings. The lowest BCUT2D eigenvalue weighted by atomic mass is 10.1. The largest absolute Gasteiger partial charge is 0.424 e. The molecular formula is C25H26F2N2O2. The average molecular weight is 424 g/mol. The van der Waals surface area contributed by atoms with Gasteiger partial charge in [-0.15, -0.1) is 0 Å². The maximum Gasteiger partial charge on any atom is 0.348 e. The van der Waals surface area contributed by atoms with E-state index in [2.05, 4.69) is 9.97 Å². The highest BCUT2D eigenvalue weighted by Gasteiger charge is 2.33. The van der Waals surface area contributed by atoms with Gasteiger partial charge >= 0.3 is 5.97 Å². The molecule has 31 heavy (non-hydrogen) atoms. The van der Waals surface area contributed by atoms with Gasteiger partial charge in [-0.3, -0.25) is 0 Å².